The van der Waals surface area contributed by atoms with E-state index in [1.165, 1.54) is 6.20 Å². The van der Waals surface area contributed by atoms with Crippen molar-refractivity contribution in [2.24, 2.45) is 0 Å². The smallest absolute Gasteiger partial charge is 0.274 e. The second-order valence-corrected chi connectivity index (χ2v) is 4.98. The Hall–Kier alpha value is -1.69. The minimum Gasteiger partial charge on any atom is -0.375 e. The SMILES string of the molecule is CCNc1cncc(C(=O)N2CC(C)OCC2CC)n1. The topological polar surface area (TPSA) is 67.4 Å². The molecule has 1 amide bonds. The van der Waals surface area contributed by atoms with Gasteiger partial charge >= 0.3 is 0 Å². The summed E-state index contributed by atoms with van der Waals surface area (Å²) in [4.78, 5) is 22.9. The number of carbonyl (C=O) groups excluding carboxylic acids is 1. The maximum absolute atomic E-state index is 12.6. The van der Waals surface area contributed by atoms with Crippen LogP contribution in [-0.2, 0) is 4.74 Å². The van der Waals surface area contributed by atoms with Gasteiger partial charge in [0.05, 0.1) is 31.1 Å². The van der Waals surface area contributed by atoms with Crippen molar-refractivity contribution in [2.45, 2.75) is 39.3 Å². The molecule has 1 aromatic rings. The summed E-state index contributed by atoms with van der Waals surface area (Å²) in [6.45, 7) is 7.96. The fourth-order valence-corrected chi connectivity index (χ4v) is 2.31. The van der Waals surface area contributed by atoms with Crippen LogP contribution in [0.4, 0.5) is 5.82 Å². The van der Waals surface area contributed by atoms with Crippen LogP contribution >= 0.6 is 0 Å². The van der Waals surface area contributed by atoms with E-state index in [9.17, 15) is 4.79 Å². The Morgan fingerprint density at radius 1 is 1.50 bits per heavy atom. The number of hydrogen-bond donors (Lipinski definition) is 1. The zero-order valence-corrected chi connectivity index (χ0v) is 12.3. The molecule has 0 spiro atoms. The number of aromatic nitrogens is 2. The number of carbonyl (C=O) groups is 1. The number of ether oxygens (including phenoxy) is 1. The normalized spacial score (nSPS) is 22.6. The first-order valence-electron chi connectivity index (χ1n) is 7.14. The summed E-state index contributed by atoms with van der Waals surface area (Å²) in [6.07, 6.45) is 4.08. The highest BCUT2D eigenvalue weighted by molar-refractivity contribution is 5.92. The number of anilines is 1. The summed E-state index contributed by atoms with van der Waals surface area (Å²) in [5, 5.41) is 3.07. The highest BCUT2D eigenvalue weighted by atomic mass is 16.5. The largest absolute Gasteiger partial charge is 0.375 e. The molecule has 0 aliphatic carbocycles. The summed E-state index contributed by atoms with van der Waals surface area (Å²) in [5.74, 6) is 0.562. The molecule has 1 aliphatic heterocycles. The first-order valence-corrected chi connectivity index (χ1v) is 7.14. The molecule has 1 aliphatic rings. The van der Waals surface area contributed by atoms with Crippen molar-refractivity contribution in [3.05, 3.63) is 18.1 Å². The van der Waals surface area contributed by atoms with Crippen LogP contribution in [0.2, 0.25) is 0 Å². The molecule has 6 nitrogen and oxygen atoms in total. The van der Waals surface area contributed by atoms with E-state index in [1.807, 2.05) is 18.7 Å². The number of rotatable bonds is 4. The van der Waals surface area contributed by atoms with Gasteiger partial charge in [0, 0.05) is 13.1 Å². The predicted octanol–water partition coefficient (Wildman–Crippen LogP) is 1.55. The van der Waals surface area contributed by atoms with Crippen LogP contribution in [0.25, 0.3) is 0 Å². The van der Waals surface area contributed by atoms with E-state index in [0.717, 1.165) is 13.0 Å². The van der Waals surface area contributed by atoms with Crippen LogP contribution in [0.3, 0.4) is 0 Å². The summed E-state index contributed by atoms with van der Waals surface area (Å²) < 4.78 is 5.62. The highest BCUT2D eigenvalue weighted by Crippen LogP contribution is 2.17. The van der Waals surface area contributed by atoms with Crippen LogP contribution in [0.15, 0.2) is 12.4 Å². The summed E-state index contributed by atoms with van der Waals surface area (Å²) >= 11 is 0. The number of nitrogens with zero attached hydrogens (tertiary/aromatic N) is 3. The average molecular weight is 278 g/mol. The molecule has 0 saturated carbocycles. The molecule has 20 heavy (non-hydrogen) atoms. The van der Waals surface area contributed by atoms with Crippen LogP contribution in [0.1, 0.15) is 37.7 Å². The first kappa shape index (κ1) is 14.7. The van der Waals surface area contributed by atoms with Gasteiger partial charge in [-0.25, -0.2) is 4.98 Å². The van der Waals surface area contributed by atoms with Crippen molar-refractivity contribution in [3.63, 3.8) is 0 Å². The number of morpholine rings is 1. The van der Waals surface area contributed by atoms with E-state index in [0.29, 0.717) is 24.7 Å². The van der Waals surface area contributed by atoms with Crippen molar-refractivity contribution in [1.29, 1.82) is 0 Å². The lowest BCUT2D eigenvalue weighted by Crippen LogP contribution is -2.51. The molecule has 6 heteroatoms. The summed E-state index contributed by atoms with van der Waals surface area (Å²) in [5.41, 5.74) is 0.385. The minimum absolute atomic E-state index is 0.0617. The van der Waals surface area contributed by atoms with E-state index in [2.05, 4.69) is 22.2 Å². The molecular weight excluding hydrogens is 256 g/mol. The average Bonchev–Trinajstić information content (AvgIpc) is 2.47. The Bertz CT molecular complexity index is 466. The fraction of sp³-hybridized carbons (Fsp3) is 0.643. The second-order valence-electron chi connectivity index (χ2n) is 4.98. The maximum atomic E-state index is 12.6. The van der Waals surface area contributed by atoms with Gasteiger partial charge in [-0.05, 0) is 20.3 Å². The molecular formula is C14H22N4O2. The molecule has 1 N–H and O–H groups in total. The van der Waals surface area contributed by atoms with Gasteiger partial charge in [0.1, 0.15) is 11.5 Å². The summed E-state index contributed by atoms with van der Waals surface area (Å²) in [7, 11) is 0. The van der Waals surface area contributed by atoms with Crippen LogP contribution in [0.5, 0.6) is 0 Å². The van der Waals surface area contributed by atoms with Gasteiger partial charge in [-0.2, -0.15) is 0 Å². The zero-order chi connectivity index (χ0) is 14.5. The number of hydrogen-bond acceptors (Lipinski definition) is 5. The molecule has 0 radical (unpaired) electrons. The van der Waals surface area contributed by atoms with Gasteiger partial charge in [-0.1, -0.05) is 6.92 Å². The van der Waals surface area contributed by atoms with Crippen molar-refractivity contribution in [1.82, 2.24) is 14.9 Å². The molecule has 0 aromatic carbocycles. The van der Waals surface area contributed by atoms with E-state index >= 15 is 0 Å². The highest BCUT2D eigenvalue weighted by Gasteiger charge is 2.30. The Morgan fingerprint density at radius 3 is 3.00 bits per heavy atom. The van der Waals surface area contributed by atoms with Gasteiger partial charge in [0.2, 0.25) is 0 Å². The zero-order valence-electron chi connectivity index (χ0n) is 12.3. The van der Waals surface area contributed by atoms with Crippen LogP contribution in [0, 0.1) is 0 Å². The van der Waals surface area contributed by atoms with Gasteiger partial charge in [0.15, 0.2) is 0 Å². The molecule has 0 bridgehead atoms. The lowest BCUT2D eigenvalue weighted by Gasteiger charge is -2.38. The molecule has 1 aromatic heterocycles. The Morgan fingerprint density at radius 2 is 2.30 bits per heavy atom. The fourth-order valence-electron chi connectivity index (χ4n) is 2.31. The van der Waals surface area contributed by atoms with Gasteiger partial charge in [-0.3, -0.25) is 9.78 Å². The van der Waals surface area contributed by atoms with E-state index in [1.54, 1.807) is 6.20 Å². The Labute approximate surface area is 119 Å². The third kappa shape index (κ3) is 3.25. The monoisotopic (exact) mass is 278 g/mol. The minimum atomic E-state index is -0.0701. The summed E-state index contributed by atoms with van der Waals surface area (Å²) in [6, 6.07) is 0.114. The molecule has 1 fully saturated rings. The quantitative estimate of drug-likeness (QED) is 0.905. The van der Waals surface area contributed by atoms with Crippen LogP contribution < -0.4 is 5.32 Å². The lowest BCUT2D eigenvalue weighted by atomic mass is 10.1. The van der Waals surface area contributed by atoms with Gasteiger partial charge < -0.3 is 15.0 Å². The van der Waals surface area contributed by atoms with E-state index in [-0.39, 0.29) is 18.1 Å². The maximum Gasteiger partial charge on any atom is 0.274 e. The second kappa shape index (κ2) is 6.65. The van der Waals surface area contributed by atoms with Crippen LogP contribution in [-0.4, -0.2) is 52.6 Å². The molecule has 2 heterocycles. The first-order chi connectivity index (χ1) is 9.65. The lowest BCUT2D eigenvalue weighted by molar-refractivity contribution is -0.0446. The molecule has 2 unspecified atom stereocenters. The number of amides is 1. The number of nitrogens with one attached hydrogen (secondary N) is 1. The molecule has 110 valence electrons. The standard InChI is InChI=1S/C14H22N4O2/c1-4-11-9-20-10(3)8-18(11)14(19)12-6-15-7-13(17-12)16-5-2/h6-7,10-11H,4-5,8-9H2,1-3H3,(H,16,17). The predicted molar refractivity (Wildman–Crippen MR) is 76.7 cm³/mol. The van der Waals surface area contributed by atoms with Gasteiger partial charge in [0.25, 0.3) is 5.91 Å². The third-order valence-electron chi connectivity index (χ3n) is 3.41. The molecule has 1 saturated heterocycles. The molecule has 2 atom stereocenters. The Balaban J connectivity index is 2.18. The third-order valence-corrected chi connectivity index (χ3v) is 3.41. The van der Waals surface area contributed by atoms with Crippen molar-refractivity contribution in [2.75, 3.05) is 25.0 Å². The van der Waals surface area contributed by atoms with E-state index in [4.69, 9.17) is 4.74 Å². The van der Waals surface area contributed by atoms with Gasteiger partial charge in [-0.15, -0.1) is 0 Å². The molecule has 2 rings (SSSR count). The van der Waals surface area contributed by atoms with Crippen molar-refractivity contribution < 1.29 is 9.53 Å². The van der Waals surface area contributed by atoms with E-state index < -0.39 is 0 Å². The van der Waals surface area contributed by atoms with Crippen molar-refractivity contribution >= 4 is 11.7 Å². The Kier molecular flexibility index (Phi) is 4.89. The van der Waals surface area contributed by atoms with Crippen molar-refractivity contribution in [3.8, 4) is 0 Å².